The maximum Gasteiger partial charge on any atom is 0.401 e. The first-order valence-electron chi connectivity index (χ1n) is 7.08. The molecule has 1 heterocycles. The summed E-state index contributed by atoms with van der Waals surface area (Å²) in [7, 11) is 0. The fourth-order valence-electron chi connectivity index (χ4n) is 2.30. The molecule has 0 aromatic carbocycles. The first-order valence-corrected chi connectivity index (χ1v) is 7.08. The number of likely N-dealkylation sites (tertiary alicyclic amines) is 1. The van der Waals surface area contributed by atoms with E-state index in [2.05, 4.69) is 5.32 Å². The molecule has 1 aliphatic heterocycles. The summed E-state index contributed by atoms with van der Waals surface area (Å²) in [4.78, 5) is 13.3. The van der Waals surface area contributed by atoms with Crippen molar-refractivity contribution in [3.05, 3.63) is 0 Å². The third-order valence-corrected chi connectivity index (χ3v) is 3.90. The van der Waals surface area contributed by atoms with Crippen LogP contribution in [0.4, 0.5) is 13.2 Å². The Morgan fingerprint density at radius 2 is 1.95 bits per heavy atom. The molecular weight excluding hydrogens is 271 g/mol. The van der Waals surface area contributed by atoms with Crippen LogP contribution in [0.2, 0.25) is 0 Å². The van der Waals surface area contributed by atoms with Crippen molar-refractivity contribution in [1.82, 2.24) is 10.2 Å². The number of carbonyl (C=O) groups excluding carboxylic acids is 1. The molecule has 0 spiro atoms. The van der Waals surface area contributed by atoms with E-state index < -0.39 is 18.8 Å². The highest BCUT2D eigenvalue weighted by molar-refractivity contribution is 5.82. The zero-order valence-corrected chi connectivity index (χ0v) is 12.0. The van der Waals surface area contributed by atoms with E-state index in [1.165, 1.54) is 4.90 Å². The van der Waals surface area contributed by atoms with Gasteiger partial charge in [0.2, 0.25) is 5.91 Å². The zero-order chi connectivity index (χ0) is 15.3. The second-order valence-electron chi connectivity index (χ2n) is 5.59. The maximum atomic E-state index is 12.3. The van der Waals surface area contributed by atoms with Gasteiger partial charge in [-0.3, -0.25) is 9.69 Å². The van der Waals surface area contributed by atoms with Crippen LogP contribution in [0.1, 0.15) is 33.1 Å². The summed E-state index contributed by atoms with van der Waals surface area (Å²) in [5.74, 6) is -0.103. The maximum absolute atomic E-state index is 12.3. The predicted molar refractivity (Wildman–Crippen MR) is 71.1 cm³/mol. The van der Waals surface area contributed by atoms with Crippen molar-refractivity contribution in [3.8, 4) is 0 Å². The first kappa shape index (κ1) is 17.2. The number of nitrogens with one attached hydrogen (secondary N) is 1. The van der Waals surface area contributed by atoms with E-state index in [1.807, 2.05) is 13.8 Å². The number of halogens is 3. The Morgan fingerprint density at radius 1 is 1.40 bits per heavy atom. The summed E-state index contributed by atoms with van der Waals surface area (Å²) in [6.07, 6.45) is -2.27. The number of rotatable bonds is 5. The van der Waals surface area contributed by atoms with Crippen molar-refractivity contribution in [2.45, 2.75) is 51.4 Å². The van der Waals surface area contributed by atoms with Gasteiger partial charge in [0, 0.05) is 19.1 Å². The van der Waals surface area contributed by atoms with E-state index in [4.69, 9.17) is 5.73 Å². The molecule has 20 heavy (non-hydrogen) atoms. The smallest absolute Gasteiger partial charge is 0.352 e. The molecule has 1 fully saturated rings. The van der Waals surface area contributed by atoms with Gasteiger partial charge in [-0.15, -0.1) is 0 Å². The minimum atomic E-state index is -4.16. The second-order valence-corrected chi connectivity index (χ2v) is 5.59. The van der Waals surface area contributed by atoms with E-state index in [0.717, 1.165) is 6.42 Å². The van der Waals surface area contributed by atoms with Crippen LogP contribution in [0.15, 0.2) is 0 Å². The first-order chi connectivity index (χ1) is 9.23. The number of amides is 1. The molecule has 0 aliphatic carbocycles. The summed E-state index contributed by atoms with van der Waals surface area (Å²) in [6, 6.07) is -0.615. The van der Waals surface area contributed by atoms with Gasteiger partial charge in [-0.1, -0.05) is 20.3 Å². The molecule has 4 nitrogen and oxygen atoms in total. The Bertz CT molecular complexity index is 314. The monoisotopic (exact) mass is 295 g/mol. The fourth-order valence-corrected chi connectivity index (χ4v) is 2.30. The van der Waals surface area contributed by atoms with Gasteiger partial charge < -0.3 is 11.1 Å². The molecule has 1 aliphatic rings. The van der Waals surface area contributed by atoms with E-state index in [-0.39, 0.29) is 17.9 Å². The highest BCUT2D eigenvalue weighted by atomic mass is 19.4. The lowest BCUT2D eigenvalue weighted by molar-refractivity contribution is -0.148. The standard InChI is InChI=1S/C13H24F3N3O/c1-3-9(2)11(17)12(20)18-10-4-6-19(7-5-10)8-13(14,15)16/h9-11H,3-8,17H2,1-2H3,(H,18,20). The van der Waals surface area contributed by atoms with E-state index in [0.29, 0.717) is 25.9 Å². The minimum Gasteiger partial charge on any atom is -0.352 e. The van der Waals surface area contributed by atoms with Crippen molar-refractivity contribution in [2.75, 3.05) is 19.6 Å². The number of carbonyl (C=O) groups is 1. The Balaban J connectivity index is 2.34. The van der Waals surface area contributed by atoms with Gasteiger partial charge in [-0.25, -0.2) is 0 Å². The van der Waals surface area contributed by atoms with Crippen LogP contribution in [0, 0.1) is 5.92 Å². The average Bonchev–Trinajstić information content (AvgIpc) is 2.37. The molecular formula is C13H24F3N3O. The summed E-state index contributed by atoms with van der Waals surface area (Å²) < 4.78 is 36.8. The van der Waals surface area contributed by atoms with Crippen LogP contribution in [-0.4, -0.2) is 48.7 Å². The quantitative estimate of drug-likeness (QED) is 0.808. The summed E-state index contributed by atoms with van der Waals surface area (Å²) >= 11 is 0. The number of alkyl halides is 3. The van der Waals surface area contributed by atoms with Gasteiger partial charge in [0.15, 0.2) is 0 Å². The molecule has 1 rings (SSSR count). The van der Waals surface area contributed by atoms with Crippen LogP contribution < -0.4 is 11.1 Å². The van der Waals surface area contributed by atoms with Crippen LogP contribution in [-0.2, 0) is 4.79 Å². The van der Waals surface area contributed by atoms with Crippen molar-refractivity contribution >= 4 is 5.91 Å². The minimum absolute atomic E-state index is 0.0675. The molecule has 2 atom stereocenters. The highest BCUT2D eigenvalue weighted by Crippen LogP contribution is 2.20. The zero-order valence-electron chi connectivity index (χ0n) is 12.0. The molecule has 0 radical (unpaired) electrons. The van der Waals surface area contributed by atoms with Gasteiger partial charge in [0.05, 0.1) is 12.6 Å². The summed E-state index contributed by atoms with van der Waals surface area (Å²) in [5.41, 5.74) is 5.83. The van der Waals surface area contributed by atoms with Gasteiger partial charge in [-0.2, -0.15) is 13.2 Å². The van der Waals surface area contributed by atoms with Gasteiger partial charge in [0.1, 0.15) is 0 Å². The normalized spacial score (nSPS) is 21.5. The van der Waals surface area contributed by atoms with E-state index in [9.17, 15) is 18.0 Å². The van der Waals surface area contributed by atoms with Crippen molar-refractivity contribution < 1.29 is 18.0 Å². The second kappa shape index (κ2) is 7.26. The molecule has 2 unspecified atom stereocenters. The number of hydrogen-bond acceptors (Lipinski definition) is 3. The third-order valence-electron chi connectivity index (χ3n) is 3.90. The summed E-state index contributed by atoms with van der Waals surface area (Å²) in [6.45, 7) is 3.70. The Labute approximate surface area is 117 Å². The average molecular weight is 295 g/mol. The molecule has 0 aromatic rings. The molecule has 0 aromatic heterocycles. The molecule has 118 valence electrons. The Hall–Kier alpha value is -0.820. The van der Waals surface area contributed by atoms with Crippen LogP contribution in [0.5, 0.6) is 0 Å². The van der Waals surface area contributed by atoms with Crippen LogP contribution in [0.3, 0.4) is 0 Å². The van der Waals surface area contributed by atoms with Crippen molar-refractivity contribution in [3.63, 3.8) is 0 Å². The largest absolute Gasteiger partial charge is 0.401 e. The molecule has 0 bridgehead atoms. The lowest BCUT2D eigenvalue weighted by atomic mass is 9.98. The highest BCUT2D eigenvalue weighted by Gasteiger charge is 2.33. The van der Waals surface area contributed by atoms with Crippen LogP contribution >= 0.6 is 0 Å². The van der Waals surface area contributed by atoms with Gasteiger partial charge in [0.25, 0.3) is 0 Å². The molecule has 1 amide bonds. The summed E-state index contributed by atoms with van der Waals surface area (Å²) in [5, 5.41) is 2.85. The lowest BCUT2D eigenvalue weighted by Gasteiger charge is -2.33. The number of nitrogens with zero attached hydrogens (tertiary/aromatic N) is 1. The van der Waals surface area contributed by atoms with Crippen molar-refractivity contribution in [2.24, 2.45) is 11.7 Å². The van der Waals surface area contributed by atoms with Gasteiger partial charge in [-0.05, 0) is 18.8 Å². The van der Waals surface area contributed by atoms with Crippen LogP contribution in [0.25, 0.3) is 0 Å². The Morgan fingerprint density at radius 3 is 2.40 bits per heavy atom. The predicted octanol–water partition coefficient (Wildman–Crippen LogP) is 1.50. The van der Waals surface area contributed by atoms with E-state index >= 15 is 0 Å². The molecule has 0 saturated carbocycles. The lowest BCUT2D eigenvalue weighted by Crippen LogP contribution is -2.52. The molecule has 3 N–H and O–H groups in total. The SMILES string of the molecule is CCC(C)C(N)C(=O)NC1CCN(CC(F)(F)F)CC1. The number of nitrogens with two attached hydrogens (primary N) is 1. The Kier molecular flexibility index (Phi) is 6.26. The number of hydrogen-bond donors (Lipinski definition) is 2. The third kappa shape index (κ3) is 5.66. The van der Waals surface area contributed by atoms with E-state index in [1.54, 1.807) is 0 Å². The fraction of sp³-hybridized carbons (Fsp3) is 0.923. The van der Waals surface area contributed by atoms with Crippen molar-refractivity contribution in [1.29, 1.82) is 0 Å². The number of piperidine rings is 1. The topological polar surface area (TPSA) is 58.4 Å². The van der Waals surface area contributed by atoms with Gasteiger partial charge >= 0.3 is 6.18 Å². The molecule has 7 heteroatoms. The molecule has 1 saturated heterocycles.